The van der Waals surface area contributed by atoms with E-state index in [1.807, 2.05) is 20.2 Å². The zero-order chi connectivity index (χ0) is 16.8. The third-order valence-electron chi connectivity index (χ3n) is 3.81. The molecule has 8 nitrogen and oxygen atoms in total. The lowest BCUT2D eigenvalue weighted by Crippen LogP contribution is -2.37. The summed E-state index contributed by atoms with van der Waals surface area (Å²) in [5.74, 6) is 2.98. The van der Waals surface area contributed by atoms with Crippen LogP contribution in [0.15, 0.2) is 18.3 Å². The van der Waals surface area contributed by atoms with Crippen LogP contribution in [-0.4, -0.2) is 60.6 Å². The number of rotatable bonds is 4. The Morgan fingerprint density at radius 2 is 1.96 bits per heavy atom. The van der Waals surface area contributed by atoms with Gasteiger partial charge in [-0.15, -0.1) is 0 Å². The Bertz CT molecular complexity index is 635. The molecule has 24 heavy (non-hydrogen) atoms. The van der Waals surface area contributed by atoms with Gasteiger partial charge in [-0.2, -0.15) is 10.1 Å². The molecular formula is C16H25N7O. The van der Waals surface area contributed by atoms with Gasteiger partial charge in [0.2, 0.25) is 5.95 Å². The smallest absolute Gasteiger partial charge is 0.227 e. The molecule has 3 N–H and O–H groups in total. The molecule has 0 aromatic carbocycles. The Morgan fingerprint density at radius 3 is 2.67 bits per heavy atom. The molecule has 0 unspecified atom stereocenters. The summed E-state index contributed by atoms with van der Waals surface area (Å²) in [5, 5.41) is 13.4. The van der Waals surface area contributed by atoms with Crippen molar-refractivity contribution in [3.63, 3.8) is 0 Å². The molecule has 1 saturated carbocycles. The topological polar surface area (TPSA) is 91.0 Å². The first-order valence-corrected chi connectivity index (χ1v) is 8.36. The van der Waals surface area contributed by atoms with Crippen LogP contribution in [0.1, 0.15) is 24.5 Å². The van der Waals surface area contributed by atoms with Gasteiger partial charge in [-0.3, -0.25) is 5.10 Å². The van der Waals surface area contributed by atoms with Crippen LogP contribution in [0.4, 0.5) is 17.6 Å². The highest BCUT2D eigenvalue weighted by molar-refractivity contribution is 5.53. The summed E-state index contributed by atoms with van der Waals surface area (Å²) in [6, 6.07) is 3.92. The Balaban J connectivity index is 0.000000526. The zero-order valence-corrected chi connectivity index (χ0v) is 14.2. The molecular weight excluding hydrogens is 306 g/mol. The van der Waals surface area contributed by atoms with Crippen molar-refractivity contribution < 1.29 is 4.74 Å². The van der Waals surface area contributed by atoms with Crippen molar-refractivity contribution in [1.82, 2.24) is 25.5 Å². The van der Waals surface area contributed by atoms with Gasteiger partial charge in [-0.1, -0.05) is 0 Å². The second-order valence-corrected chi connectivity index (χ2v) is 5.95. The predicted molar refractivity (Wildman–Crippen MR) is 93.9 cm³/mol. The van der Waals surface area contributed by atoms with Gasteiger partial charge in [0.05, 0.1) is 13.2 Å². The molecule has 2 fully saturated rings. The molecule has 8 heteroatoms. The van der Waals surface area contributed by atoms with Crippen molar-refractivity contribution in [3.8, 4) is 0 Å². The van der Waals surface area contributed by atoms with Gasteiger partial charge in [0.25, 0.3) is 0 Å². The highest BCUT2D eigenvalue weighted by atomic mass is 16.5. The van der Waals surface area contributed by atoms with Crippen LogP contribution in [0.5, 0.6) is 0 Å². The van der Waals surface area contributed by atoms with E-state index in [0.717, 1.165) is 43.9 Å². The zero-order valence-electron chi connectivity index (χ0n) is 14.2. The highest BCUT2D eigenvalue weighted by Gasteiger charge is 2.25. The van der Waals surface area contributed by atoms with Gasteiger partial charge in [-0.25, -0.2) is 4.98 Å². The lowest BCUT2D eigenvalue weighted by Gasteiger charge is -2.26. The minimum Gasteiger partial charge on any atom is -0.378 e. The molecule has 2 aromatic rings. The summed E-state index contributed by atoms with van der Waals surface area (Å²) >= 11 is 0. The number of nitrogens with one attached hydrogen (secondary N) is 3. The van der Waals surface area contributed by atoms with E-state index in [0.29, 0.717) is 5.92 Å². The number of anilines is 3. The maximum atomic E-state index is 5.35. The Kier molecular flexibility index (Phi) is 5.60. The van der Waals surface area contributed by atoms with Gasteiger partial charge in [0, 0.05) is 37.0 Å². The number of nitrogens with zero attached hydrogens (tertiary/aromatic N) is 4. The van der Waals surface area contributed by atoms with Crippen LogP contribution in [0.3, 0.4) is 0 Å². The fourth-order valence-electron chi connectivity index (χ4n) is 2.47. The van der Waals surface area contributed by atoms with E-state index in [1.165, 1.54) is 18.5 Å². The molecule has 2 aromatic heterocycles. The Labute approximate surface area is 142 Å². The first-order chi connectivity index (χ1) is 11.8. The van der Waals surface area contributed by atoms with Gasteiger partial charge >= 0.3 is 0 Å². The summed E-state index contributed by atoms with van der Waals surface area (Å²) < 4.78 is 5.35. The van der Waals surface area contributed by atoms with E-state index in [1.54, 1.807) is 6.20 Å². The Morgan fingerprint density at radius 1 is 1.21 bits per heavy atom. The molecule has 0 spiro atoms. The number of hydrogen-bond acceptors (Lipinski definition) is 7. The van der Waals surface area contributed by atoms with E-state index < -0.39 is 0 Å². The molecule has 3 heterocycles. The van der Waals surface area contributed by atoms with Crippen molar-refractivity contribution in [1.29, 1.82) is 0 Å². The van der Waals surface area contributed by atoms with Crippen LogP contribution < -0.4 is 15.5 Å². The SMILES string of the molecule is CNC.c1cc(Nc2cc(C3CC3)[nH]n2)nc(N2CCOCC2)n1. The molecule has 2 aliphatic rings. The fourth-order valence-corrected chi connectivity index (χ4v) is 2.47. The molecule has 4 rings (SSSR count). The minimum absolute atomic E-state index is 0.669. The lowest BCUT2D eigenvalue weighted by molar-refractivity contribution is 0.122. The number of hydrogen-bond donors (Lipinski definition) is 3. The molecule has 1 aliphatic heterocycles. The second-order valence-electron chi connectivity index (χ2n) is 5.95. The van der Waals surface area contributed by atoms with Crippen molar-refractivity contribution >= 4 is 17.6 Å². The maximum Gasteiger partial charge on any atom is 0.227 e. The summed E-state index contributed by atoms with van der Waals surface area (Å²) in [5.41, 5.74) is 1.21. The lowest BCUT2D eigenvalue weighted by atomic mass is 10.3. The molecule has 0 amide bonds. The molecule has 0 atom stereocenters. The third kappa shape index (κ3) is 4.42. The van der Waals surface area contributed by atoms with Crippen molar-refractivity contribution in [2.24, 2.45) is 0 Å². The second kappa shape index (κ2) is 8.07. The average Bonchev–Trinajstić information content (AvgIpc) is 3.37. The van der Waals surface area contributed by atoms with Crippen LogP contribution in [0.2, 0.25) is 0 Å². The molecule has 0 bridgehead atoms. The predicted octanol–water partition coefficient (Wildman–Crippen LogP) is 1.49. The number of H-pyrrole nitrogens is 1. The monoisotopic (exact) mass is 331 g/mol. The molecule has 0 radical (unpaired) electrons. The van der Waals surface area contributed by atoms with E-state index in [-0.39, 0.29) is 0 Å². The standard InChI is InChI=1S/C14H18N6O.C2H7N/c1-2-10(1)11-9-13(19-18-11)16-12-3-4-15-14(17-12)20-5-7-21-8-6-20;1-3-2/h3-4,9-10H,1-2,5-8H2,(H2,15,16,17,18,19);3H,1-2H3. The summed E-state index contributed by atoms with van der Waals surface area (Å²) in [7, 11) is 3.75. The van der Waals surface area contributed by atoms with E-state index in [4.69, 9.17) is 4.74 Å². The number of ether oxygens (including phenoxy) is 1. The van der Waals surface area contributed by atoms with Crippen molar-refractivity contribution in [2.45, 2.75) is 18.8 Å². The van der Waals surface area contributed by atoms with Crippen LogP contribution in [0, 0.1) is 0 Å². The maximum absolute atomic E-state index is 5.35. The summed E-state index contributed by atoms with van der Waals surface area (Å²) in [6.45, 7) is 3.12. The van der Waals surface area contributed by atoms with Crippen molar-refractivity contribution in [3.05, 3.63) is 24.0 Å². The number of morpholine rings is 1. The van der Waals surface area contributed by atoms with Crippen LogP contribution in [0.25, 0.3) is 0 Å². The first kappa shape index (κ1) is 16.7. The van der Waals surface area contributed by atoms with Crippen LogP contribution >= 0.6 is 0 Å². The highest BCUT2D eigenvalue weighted by Crippen LogP contribution is 2.39. The number of aromatic nitrogens is 4. The summed E-state index contributed by atoms with van der Waals surface area (Å²) in [4.78, 5) is 11.0. The van der Waals surface area contributed by atoms with Gasteiger partial charge in [-0.05, 0) is 33.0 Å². The van der Waals surface area contributed by atoms with E-state index in [2.05, 4.69) is 41.8 Å². The van der Waals surface area contributed by atoms with E-state index in [9.17, 15) is 0 Å². The van der Waals surface area contributed by atoms with Gasteiger partial charge < -0.3 is 20.3 Å². The van der Waals surface area contributed by atoms with Crippen molar-refractivity contribution in [2.75, 3.05) is 50.6 Å². The number of aromatic amines is 1. The van der Waals surface area contributed by atoms with Crippen LogP contribution in [-0.2, 0) is 4.74 Å². The van der Waals surface area contributed by atoms with E-state index >= 15 is 0 Å². The summed E-state index contributed by atoms with van der Waals surface area (Å²) in [6.07, 6.45) is 4.29. The Hall–Kier alpha value is -2.19. The molecule has 1 aliphatic carbocycles. The largest absolute Gasteiger partial charge is 0.378 e. The van der Waals surface area contributed by atoms with Gasteiger partial charge in [0.15, 0.2) is 5.82 Å². The first-order valence-electron chi connectivity index (χ1n) is 8.36. The molecule has 1 saturated heterocycles. The quantitative estimate of drug-likeness (QED) is 0.782. The average molecular weight is 331 g/mol. The molecule has 130 valence electrons. The minimum atomic E-state index is 0.669. The fraction of sp³-hybridized carbons (Fsp3) is 0.562. The third-order valence-corrected chi connectivity index (χ3v) is 3.81. The normalized spacial score (nSPS) is 17.2. The van der Waals surface area contributed by atoms with Gasteiger partial charge in [0.1, 0.15) is 5.82 Å².